The number of nitrogens with zero attached hydrogens (tertiary/aromatic N) is 1. The van der Waals surface area contributed by atoms with Crippen LogP contribution < -0.4 is 0 Å². The average Bonchev–Trinajstić information content (AvgIpc) is 2.62. The van der Waals surface area contributed by atoms with E-state index in [1.54, 1.807) is 13.8 Å². The molecule has 0 bridgehead atoms. The fraction of sp³-hybridized carbons (Fsp3) is 0.882. The van der Waals surface area contributed by atoms with Crippen LogP contribution in [0.4, 0.5) is 0 Å². The zero-order valence-corrected chi connectivity index (χ0v) is 18.5. The second-order valence-corrected chi connectivity index (χ2v) is 16.0. The van der Waals surface area contributed by atoms with Crippen molar-refractivity contribution in [2.45, 2.75) is 81.9 Å². The van der Waals surface area contributed by atoms with Crippen LogP contribution in [-0.2, 0) is 29.9 Å². The smallest absolute Gasteiger partial charge is 0.334 e. The molecular weight excluding hydrogens is 358 g/mol. The molecule has 0 N–H and O–H groups in total. The molecule has 6 nitrogen and oxygen atoms in total. The molecule has 8 heteroatoms. The van der Waals surface area contributed by atoms with Crippen LogP contribution in [-0.4, -0.2) is 59.0 Å². The molecule has 2 fully saturated rings. The number of carbonyl (C=O) groups is 2. The highest BCUT2D eigenvalue weighted by Gasteiger charge is 2.73. The Morgan fingerprint density at radius 1 is 1.36 bits per heavy atom. The topological polar surface area (TPSA) is 78.9 Å². The summed E-state index contributed by atoms with van der Waals surface area (Å²) in [5, 5.41) is -0.456. The normalized spacial score (nSPS) is 32.9. The molecule has 1 unspecified atom stereocenters. The monoisotopic (exact) mass is 389 g/mol. The summed E-state index contributed by atoms with van der Waals surface area (Å²) in [4.78, 5) is 26.4. The molecule has 2 aliphatic heterocycles. The predicted molar refractivity (Wildman–Crippen MR) is 99.9 cm³/mol. The Hall–Kier alpha value is -0.573. The molecule has 2 saturated heterocycles. The molecule has 0 saturated carbocycles. The van der Waals surface area contributed by atoms with Crippen molar-refractivity contribution in [2.24, 2.45) is 5.92 Å². The highest BCUT2D eigenvalue weighted by Crippen LogP contribution is 2.51. The van der Waals surface area contributed by atoms with Crippen LogP contribution in [0.3, 0.4) is 0 Å². The van der Waals surface area contributed by atoms with Crippen LogP contribution >= 0.6 is 0 Å². The lowest BCUT2D eigenvalue weighted by Crippen LogP contribution is -2.67. The zero-order chi connectivity index (χ0) is 19.5. The van der Waals surface area contributed by atoms with Gasteiger partial charge in [0.1, 0.15) is 5.92 Å². The molecule has 2 heterocycles. The van der Waals surface area contributed by atoms with E-state index in [-0.39, 0.29) is 17.0 Å². The molecule has 0 aromatic carbocycles. The standard InChI is InChI=1S/C17H31NO5SSi/c1-10(23-25(8,9)16(2,3)4)11-13(19)18-12(15(20)22-7)17(5,6)24(21)14(11)18/h10-12,14H,1-9H3/t10-,11-,12+,14-,24?/m1/s1. The molecule has 0 aliphatic carbocycles. The van der Waals surface area contributed by atoms with E-state index in [9.17, 15) is 14.1 Å². The summed E-state index contributed by atoms with van der Waals surface area (Å²) in [7, 11) is -0.760. The molecule has 0 spiro atoms. The Labute approximate surface area is 154 Å². The largest absolute Gasteiger partial charge is 0.614 e. The summed E-state index contributed by atoms with van der Waals surface area (Å²) in [6.07, 6.45) is -0.328. The number of carbonyl (C=O) groups excluding carboxylic acids is 2. The molecule has 1 amide bonds. The first kappa shape index (κ1) is 20.7. The van der Waals surface area contributed by atoms with Crippen molar-refractivity contribution < 1.29 is 23.3 Å². The van der Waals surface area contributed by atoms with E-state index in [4.69, 9.17) is 9.16 Å². The number of fused-ring (bicyclic) bond motifs is 1. The van der Waals surface area contributed by atoms with Gasteiger partial charge in [0, 0.05) is 0 Å². The zero-order valence-electron chi connectivity index (χ0n) is 16.7. The van der Waals surface area contributed by atoms with Gasteiger partial charge >= 0.3 is 5.97 Å². The van der Waals surface area contributed by atoms with E-state index >= 15 is 0 Å². The number of β-lactam (4-membered cyclic amide) rings is 1. The number of rotatable bonds is 4. The first-order valence-corrected chi connectivity index (χ1v) is 12.8. The highest BCUT2D eigenvalue weighted by atomic mass is 32.2. The number of ether oxygens (including phenoxy) is 1. The van der Waals surface area contributed by atoms with E-state index in [2.05, 4.69) is 33.9 Å². The van der Waals surface area contributed by atoms with Gasteiger partial charge in [0.05, 0.1) is 13.2 Å². The summed E-state index contributed by atoms with van der Waals surface area (Å²) < 4.78 is 23.4. The lowest BCUT2D eigenvalue weighted by Gasteiger charge is -2.47. The summed E-state index contributed by atoms with van der Waals surface area (Å²) in [6.45, 7) is 16.1. The van der Waals surface area contributed by atoms with Crippen molar-refractivity contribution >= 4 is 31.4 Å². The number of esters is 1. The molecule has 5 atom stereocenters. The Bertz CT molecular complexity index is 574. The number of methoxy groups -OCH3 is 1. The SMILES string of the molecule is COC(=O)[C@@H]1N2C(=O)[C@@H]([C@@H](C)O[Si](C)(C)C(C)(C)C)[C@H]2[S+]([O-])C1(C)C. The van der Waals surface area contributed by atoms with Crippen LogP contribution in [0.2, 0.25) is 18.1 Å². The van der Waals surface area contributed by atoms with Gasteiger partial charge in [-0.05, 0) is 50.1 Å². The number of hydrogen-bond donors (Lipinski definition) is 0. The van der Waals surface area contributed by atoms with Crippen LogP contribution in [0, 0.1) is 5.92 Å². The van der Waals surface area contributed by atoms with Crippen molar-refractivity contribution in [3.63, 3.8) is 0 Å². The summed E-state index contributed by atoms with van der Waals surface area (Å²) in [5.74, 6) is -1.14. The Kier molecular flexibility index (Phi) is 5.18. The Morgan fingerprint density at radius 2 is 1.88 bits per heavy atom. The molecule has 2 rings (SSSR count). The summed E-state index contributed by atoms with van der Waals surface area (Å²) >= 11 is -1.35. The van der Waals surface area contributed by atoms with Gasteiger partial charge in [-0.25, -0.2) is 4.79 Å². The molecule has 0 aromatic heterocycles. The lowest BCUT2D eigenvalue weighted by atomic mass is 9.88. The van der Waals surface area contributed by atoms with Gasteiger partial charge in [0.15, 0.2) is 19.1 Å². The third-order valence-corrected chi connectivity index (χ3v) is 12.8. The quantitative estimate of drug-likeness (QED) is 0.319. The first-order chi connectivity index (χ1) is 11.2. The van der Waals surface area contributed by atoms with Crippen molar-refractivity contribution in [2.75, 3.05) is 7.11 Å². The Morgan fingerprint density at radius 3 is 2.32 bits per heavy atom. The van der Waals surface area contributed by atoms with E-state index in [1.165, 1.54) is 12.0 Å². The maximum absolute atomic E-state index is 13.0. The molecule has 0 radical (unpaired) electrons. The van der Waals surface area contributed by atoms with Crippen molar-refractivity contribution in [3.8, 4) is 0 Å². The minimum Gasteiger partial charge on any atom is -0.614 e. The predicted octanol–water partition coefficient (Wildman–Crippen LogP) is 2.26. The van der Waals surface area contributed by atoms with E-state index in [1.807, 2.05) is 6.92 Å². The second kappa shape index (κ2) is 6.25. The Balaban J connectivity index is 2.25. The third kappa shape index (κ3) is 3.05. The van der Waals surface area contributed by atoms with Crippen molar-refractivity contribution in [3.05, 3.63) is 0 Å². The van der Waals surface area contributed by atoms with Gasteiger partial charge in [-0.2, -0.15) is 0 Å². The lowest BCUT2D eigenvalue weighted by molar-refractivity contribution is -0.169. The van der Waals surface area contributed by atoms with Gasteiger partial charge in [-0.1, -0.05) is 20.8 Å². The highest BCUT2D eigenvalue weighted by molar-refractivity contribution is 7.93. The fourth-order valence-corrected chi connectivity index (χ4v) is 6.95. The molecule has 144 valence electrons. The molecule has 25 heavy (non-hydrogen) atoms. The van der Waals surface area contributed by atoms with Gasteiger partial charge in [-0.3, -0.25) is 9.69 Å². The van der Waals surface area contributed by atoms with E-state index in [0.717, 1.165) is 0 Å². The van der Waals surface area contributed by atoms with Crippen LogP contribution in [0.1, 0.15) is 41.5 Å². The van der Waals surface area contributed by atoms with Crippen molar-refractivity contribution in [1.29, 1.82) is 0 Å². The first-order valence-electron chi connectivity index (χ1n) is 8.67. The summed E-state index contributed by atoms with van der Waals surface area (Å²) in [6, 6.07) is -0.799. The summed E-state index contributed by atoms with van der Waals surface area (Å²) in [5.41, 5.74) is 0. The molecule has 2 aliphatic rings. The maximum Gasteiger partial charge on any atom is 0.334 e. The van der Waals surface area contributed by atoms with Crippen LogP contribution in [0.15, 0.2) is 0 Å². The van der Waals surface area contributed by atoms with E-state index in [0.29, 0.717) is 0 Å². The number of hydrogen-bond acceptors (Lipinski definition) is 5. The van der Waals surface area contributed by atoms with E-state index < -0.39 is 47.5 Å². The van der Waals surface area contributed by atoms with Gasteiger partial charge in [-0.15, -0.1) is 0 Å². The molecule has 0 aromatic rings. The van der Waals surface area contributed by atoms with Crippen LogP contribution in [0.5, 0.6) is 0 Å². The third-order valence-electron chi connectivity index (χ3n) is 6.01. The van der Waals surface area contributed by atoms with Crippen molar-refractivity contribution in [1.82, 2.24) is 4.90 Å². The second-order valence-electron chi connectivity index (χ2n) is 9.07. The average molecular weight is 390 g/mol. The van der Waals surface area contributed by atoms with Gasteiger partial charge in [0.2, 0.25) is 11.3 Å². The fourth-order valence-electron chi connectivity index (χ4n) is 3.43. The molecular formula is C17H31NO5SSi. The minimum atomic E-state index is -2.05. The van der Waals surface area contributed by atoms with Crippen LogP contribution in [0.25, 0.3) is 0 Å². The number of amides is 1. The minimum absolute atomic E-state index is 0.0242. The maximum atomic E-state index is 13.0. The van der Waals surface area contributed by atoms with Gasteiger partial charge in [0.25, 0.3) is 0 Å². The van der Waals surface area contributed by atoms with Gasteiger partial charge < -0.3 is 13.7 Å².